The summed E-state index contributed by atoms with van der Waals surface area (Å²) < 4.78 is 0. The smallest absolute Gasteiger partial charge is 0.174 e. The third-order valence-electron chi connectivity index (χ3n) is 2.53. The molecule has 0 unspecified atom stereocenters. The number of rotatable bonds is 0. The topological polar surface area (TPSA) is 72.3 Å². The van der Waals surface area contributed by atoms with E-state index in [1.165, 1.54) is 0 Å². The summed E-state index contributed by atoms with van der Waals surface area (Å²) in [6.07, 6.45) is 18.5. The van der Waals surface area contributed by atoms with Gasteiger partial charge in [-0.2, -0.15) is 20.5 Å². The number of nitrogens with zero attached hydrogens (tertiary/aromatic N) is 4. The Labute approximate surface area is 98.9 Å². The number of hydrogen-bond acceptors (Lipinski definition) is 4. The van der Waals surface area contributed by atoms with Crippen molar-refractivity contribution in [2.24, 2.45) is 15.4 Å². The summed E-state index contributed by atoms with van der Waals surface area (Å²) in [5.41, 5.74) is 0.982. The van der Waals surface area contributed by atoms with Crippen molar-refractivity contribution in [3.05, 3.63) is 48.6 Å². The molecule has 1 spiro atoms. The van der Waals surface area contributed by atoms with Crippen molar-refractivity contribution in [2.75, 3.05) is 0 Å². The quantitative estimate of drug-likeness (QED) is 0.586. The number of nitriles is 2. The van der Waals surface area contributed by atoms with Crippen LogP contribution in [-0.4, -0.2) is 11.4 Å². The molecular formula is C13H8N4. The standard InChI is InChI=1S/C13H8N4/c14-9-16-11-1-5-13(6-2-11)7-3-12(4-8-13)17-10-15/h1-8H. The van der Waals surface area contributed by atoms with Gasteiger partial charge in [-0.1, -0.05) is 24.3 Å². The maximum absolute atomic E-state index is 8.43. The van der Waals surface area contributed by atoms with Crippen LogP contribution < -0.4 is 0 Å². The maximum atomic E-state index is 8.43. The second-order valence-electron chi connectivity index (χ2n) is 3.61. The lowest BCUT2D eigenvalue weighted by atomic mass is 9.80. The SMILES string of the molecule is N#CN=C1C=CC2(C=C1)C=CC(=NC#N)C=C2. The minimum Gasteiger partial charge on any atom is -0.174 e. The Bertz CT molecular complexity index is 496. The van der Waals surface area contributed by atoms with Crippen molar-refractivity contribution < 1.29 is 0 Å². The first-order chi connectivity index (χ1) is 8.28. The molecule has 0 bridgehead atoms. The third-order valence-corrected chi connectivity index (χ3v) is 2.53. The molecule has 0 N–H and O–H groups in total. The molecule has 0 saturated heterocycles. The Balaban J connectivity index is 2.24. The van der Waals surface area contributed by atoms with Gasteiger partial charge in [0.2, 0.25) is 12.4 Å². The Hall–Kier alpha value is -2.72. The molecule has 0 heterocycles. The van der Waals surface area contributed by atoms with Gasteiger partial charge in [-0.15, -0.1) is 0 Å². The van der Waals surface area contributed by atoms with E-state index in [4.69, 9.17) is 10.5 Å². The fraction of sp³-hybridized carbons (Fsp3) is 0.0769. The van der Waals surface area contributed by atoms with Gasteiger partial charge in [0.15, 0.2) is 0 Å². The van der Waals surface area contributed by atoms with Crippen molar-refractivity contribution in [2.45, 2.75) is 0 Å². The van der Waals surface area contributed by atoms with Gasteiger partial charge >= 0.3 is 0 Å². The molecule has 17 heavy (non-hydrogen) atoms. The van der Waals surface area contributed by atoms with E-state index < -0.39 is 0 Å². The van der Waals surface area contributed by atoms with Crippen molar-refractivity contribution in [3.8, 4) is 12.4 Å². The maximum Gasteiger partial charge on any atom is 0.206 e. The van der Waals surface area contributed by atoms with Crippen molar-refractivity contribution in [3.63, 3.8) is 0 Å². The summed E-state index contributed by atoms with van der Waals surface area (Å²) >= 11 is 0. The van der Waals surface area contributed by atoms with Crippen LogP contribution in [-0.2, 0) is 0 Å². The van der Waals surface area contributed by atoms with Crippen LogP contribution in [0.2, 0.25) is 0 Å². The van der Waals surface area contributed by atoms with Gasteiger partial charge < -0.3 is 0 Å². The highest BCUT2D eigenvalue weighted by Gasteiger charge is 2.22. The molecule has 80 valence electrons. The van der Waals surface area contributed by atoms with Crippen LogP contribution in [0.4, 0.5) is 0 Å². The van der Waals surface area contributed by atoms with Gasteiger partial charge in [-0.05, 0) is 24.3 Å². The summed E-state index contributed by atoms with van der Waals surface area (Å²) in [6.45, 7) is 0. The molecule has 0 aromatic heterocycles. The molecule has 0 fully saturated rings. The number of allylic oxidation sites excluding steroid dienone is 8. The second-order valence-corrected chi connectivity index (χ2v) is 3.61. The number of aliphatic imine (C=N–C) groups is 2. The summed E-state index contributed by atoms with van der Waals surface area (Å²) in [4.78, 5) is 7.28. The van der Waals surface area contributed by atoms with Crippen molar-refractivity contribution in [1.29, 1.82) is 10.5 Å². The first-order valence-electron chi connectivity index (χ1n) is 4.98. The van der Waals surface area contributed by atoms with E-state index in [-0.39, 0.29) is 5.41 Å². The van der Waals surface area contributed by atoms with Crippen LogP contribution in [0.1, 0.15) is 0 Å². The Morgan fingerprint density at radius 3 is 1.41 bits per heavy atom. The van der Waals surface area contributed by atoms with Crippen LogP contribution in [0, 0.1) is 28.3 Å². The average molecular weight is 220 g/mol. The molecule has 0 radical (unpaired) electrons. The van der Waals surface area contributed by atoms with Crippen LogP contribution >= 0.6 is 0 Å². The normalized spacial score (nSPS) is 24.6. The first-order valence-corrected chi connectivity index (χ1v) is 4.98. The third kappa shape index (κ3) is 2.27. The van der Waals surface area contributed by atoms with E-state index in [1.54, 1.807) is 36.7 Å². The van der Waals surface area contributed by atoms with Crippen LogP contribution in [0.15, 0.2) is 58.6 Å². The van der Waals surface area contributed by atoms with E-state index in [9.17, 15) is 0 Å². The van der Waals surface area contributed by atoms with E-state index in [0.717, 1.165) is 0 Å². The van der Waals surface area contributed by atoms with Gasteiger partial charge in [-0.25, -0.2) is 0 Å². The van der Waals surface area contributed by atoms with Crippen molar-refractivity contribution in [1.82, 2.24) is 0 Å². The monoisotopic (exact) mass is 220 g/mol. The van der Waals surface area contributed by atoms with Gasteiger partial charge in [-0.3, -0.25) is 0 Å². The molecule has 0 aromatic carbocycles. The molecule has 2 rings (SSSR count). The predicted molar refractivity (Wildman–Crippen MR) is 65.1 cm³/mol. The average Bonchev–Trinajstić information content (AvgIpc) is 2.36. The second kappa shape index (κ2) is 4.42. The molecule has 0 saturated carbocycles. The molecule has 0 aliphatic heterocycles. The molecule has 0 amide bonds. The lowest BCUT2D eigenvalue weighted by Gasteiger charge is -2.23. The highest BCUT2D eigenvalue weighted by molar-refractivity contribution is 6.08. The minimum absolute atomic E-state index is 0.289. The first kappa shape index (κ1) is 10.8. The molecule has 4 nitrogen and oxygen atoms in total. The highest BCUT2D eigenvalue weighted by Crippen LogP contribution is 2.30. The van der Waals surface area contributed by atoms with Gasteiger partial charge in [0.25, 0.3) is 0 Å². The van der Waals surface area contributed by atoms with Gasteiger partial charge in [0.05, 0.1) is 11.4 Å². The van der Waals surface area contributed by atoms with Crippen molar-refractivity contribution >= 4 is 11.4 Å². The fourth-order valence-corrected chi connectivity index (χ4v) is 1.63. The lowest BCUT2D eigenvalue weighted by Crippen LogP contribution is -2.16. The molecule has 0 atom stereocenters. The van der Waals surface area contributed by atoms with Gasteiger partial charge in [0, 0.05) is 5.41 Å². The molecule has 2 aliphatic rings. The Morgan fingerprint density at radius 1 is 0.765 bits per heavy atom. The van der Waals surface area contributed by atoms with E-state index >= 15 is 0 Å². The van der Waals surface area contributed by atoms with Gasteiger partial charge in [0.1, 0.15) is 0 Å². The van der Waals surface area contributed by atoms with Crippen LogP contribution in [0.5, 0.6) is 0 Å². The zero-order valence-electron chi connectivity index (χ0n) is 8.91. The van der Waals surface area contributed by atoms with E-state index in [1.807, 2.05) is 24.3 Å². The molecule has 2 aliphatic carbocycles. The van der Waals surface area contributed by atoms with E-state index in [2.05, 4.69) is 9.98 Å². The summed E-state index contributed by atoms with van der Waals surface area (Å²) in [7, 11) is 0. The summed E-state index contributed by atoms with van der Waals surface area (Å²) in [5.74, 6) is 0. The highest BCUT2D eigenvalue weighted by atomic mass is 14.7. The number of hydrogen-bond donors (Lipinski definition) is 0. The zero-order valence-corrected chi connectivity index (χ0v) is 8.91. The summed E-state index contributed by atoms with van der Waals surface area (Å²) in [5, 5.41) is 16.9. The van der Waals surface area contributed by atoms with Crippen LogP contribution in [0.25, 0.3) is 0 Å². The molecule has 4 heteroatoms. The van der Waals surface area contributed by atoms with E-state index in [0.29, 0.717) is 11.4 Å². The minimum atomic E-state index is -0.289. The fourth-order valence-electron chi connectivity index (χ4n) is 1.63. The largest absolute Gasteiger partial charge is 0.206 e. The predicted octanol–water partition coefficient (Wildman–Crippen LogP) is 2.07. The molecule has 0 aromatic rings. The Morgan fingerprint density at radius 2 is 1.12 bits per heavy atom. The van der Waals surface area contributed by atoms with Crippen LogP contribution in [0.3, 0.4) is 0 Å². The molecular weight excluding hydrogens is 212 g/mol. The summed E-state index contributed by atoms with van der Waals surface area (Å²) in [6, 6.07) is 0. The lowest BCUT2D eigenvalue weighted by molar-refractivity contribution is 0.814. The zero-order chi connectivity index (χ0) is 12.1. The Kier molecular flexibility index (Phi) is 2.81.